The number of ether oxygens (including phenoxy) is 1. The molecule has 0 saturated carbocycles. The third-order valence-electron chi connectivity index (χ3n) is 2.92. The first-order valence-electron chi connectivity index (χ1n) is 6.14. The number of carboxylic acids is 1. The van der Waals surface area contributed by atoms with Crippen molar-refractivity contribution in [3.8, 4) is 17.2 Å². The van der Waals surface area contributed by atoms with Crippen molar-refractivity contribution in [3.63, 3.8) is 0 Å². The van der Waals surface area contributed by atoms with Crippen molar-refractivity contribution < 1.29 is 19.7 Å². The lowest BCUT2D eigenvalue weighted by Gasteiger charge is -2.13. The van der Waals surface area contributed by atoms with Gasteiger partial charge in [-0.3, -0.25) is 0 Å². The third kappa shape index (κ3) is 2.66. The van der Waals surface area contributed by atoms with Gasteiger partial charge in [0.05, 0.1) is 0 Å². The summed E-state index contributed by atoms with van der Waals surface area (Å²) in [5, 5.41) is 18.9. The van der Waals surface area contributed by atoms with Gasteiger partial charge in [-0.25, -0.2) is 4.79 Å². The minimum atomic E-state index is -1.12. The maximum atomic E-state index is 11.2. The third-order valence-corrected chi connectivity index (χ3v) is 2.92. The molecule has 5 nitrogen and oxygen atoms in total. The van der Waals surface area contributed by atoms with Crippen molar-refractivity contribution in [3.05, 3.63) is 47.5 Å². The van der Waals surface area contributed by atoms with Gasteiger partial charge in [0.2, 0.25) is 0 Å². The average Bonchev–Trinajstić information content (AvgIpc) is 2.41. The number of hydrogen-bond acceptors (Lipinski definition) is 4. The maximum Gasteiger partial charge on any atom is 0.339 e. The molecule has 0 heterocycles. The Morgan fingerprint density at radius 2 is 2.00 bits per heavy atom. The van der Waals surface area contributed by atoms with Gasteiger partial charge in [-0.05, 0) is 36.8 Å². The Hall–Kier alpha value is -2.69. The van der Waals surface area contributed by atoms with Gasteiger partial charge in [0.25, 0.3) is 0 Å². The van der Waals surface area contributed by atoms with E-state index in [1.165, 1.54) is 12.1 Å². The molecule has 2 aromatic rings. The second kappa shape index (κ2) is 5.52. The van der Waals surface area contributed by atoms with Gasteiger partial charge in [0, 0.05) is 11.3 Å². The number of carboxylic acid groups (broad SMARTS) is 1. The number of phenols is 1. The summed E-state index contributed by atoms with van der Waals surface area (Å²) in [7, 11) is 0. The molecule has 104 valence electrons. The molecule has 5 heteroatoms. The molecule has 0 aromatic heterocycles. The second-order valence-electron chi connectivity index (χ2n) is 4.27. The van der Waals surface area contributed by atoms with Gasteiger partial charge in [-0.1, -0.05) is 13.0 Å². The highest BCUT2D eigenvalue weighted by molar-refractivity contribution is 5.92. The van der Waals surface area contributed by atoms with Crippen LogP contribution >= 0.6 is 0 Å². The van der Waals surface area contributed by atoms with Crippen LogP contribution in [-0.4, -0.2) is 16.2 Å². The van der Waals surface area contributed by atoms with Gasteiger partial charge in [-0.15, -0.1) is 0 Å². The van der Waals surface area contributed by atoms with E-state index in [-0.39, 0.29) is 17.1 Å². The summed E-state index contributed by atoms with van der Waals surface area (Å²) in [6.07, 6.45) is 0.569. The van der Waals surface area contributed by atoms with Crippen LogP contribution in [-0.2, 0) is 6.42 Å². The molecule has 0 fully saturated rings. The van der Waals surface area contributed by atoms with Crippen molar-refractivity contribution >= 4 is 11.7 Å². The van der Waals surface area contributed by atoms with E-state index in [0.29, 0.717) is 23.4 Å². The first-order chi connectivity index (χ1) is 9.52. The normalized spacial score (nSPS) is 10.2. The lowest BCUT2D eigenvalue weighted by Crippen LogP contribution is -2.02. The van der Waals surface area contributed by atoms with E-state index in [1.807, 2.05) is 6.92 Å². The Morgan fingerprint density at radius 3 is 2.65 bits per heavy atom. The molecule has 0 aliphatic heterocycles. The van der Waals surface area contributed by atoms with Gasteiger partial charge in [0.15, 0.2) is 0 Å². The number of aromatic hydroxyl groups is 1. The predicted octanol–water partition coefficient (Wildman–Crippen LogP) is 3.03. The van der Waals surface area contributed by atoms with Crippen LogP contribution < -0.4 is 10.5 Å². The summed E-state index contributed by atoms with van der Waals surface area (Å²) in [5.41, 5.74) is 6.54. The highest BCUT2D eigenvalue weighted by Crippen LogP contribution is 2.33. The molecule has 0 amide bonds. The van der Waals surface area contributed by atoms with Crippen molar-refractivity contribution in [2.24, 2.45) is 0 Å². The highest BCUT2D eigenvalue weighted by atomic mass is 16.5. The molecule has 0 spiro atoms. The summed E-state index contributed by atoms with van der Waals surface area (Å²) < 4.78 is 5.63. The van der Waals surface area contributed by atoms with Crippen LogP contribution in [0.1, 0.15) is 22.8 Å². The van der Waals surface area contributed by atoms with Crippen molar-refractivity contribution in [1.29, 1.82) is 0 Å². The molecule has 4 N–H and O–H groups in total. The Morgan fingerprint density at radius 1 is 1.25 bits per heavy atom. The zero-order chi connectivity index (χ0) is 14.7. The number of carbonyl (C=O) groups is 1. The standard InChI is InChI=1S/C15H15NO4/c1-2-10-12(17)4-3-5-13(10)20-14-7-6-9(16)8-11(14)15(18)19/h3-8,17H,2,16H2,1H3,(H,18,19). The zero-order valence-corrected chi connectivity index (χ0v) is 11.0. The predicted molar refractivity (Wildman–Crippen MR) is 75.4 cm³/mol. The van der Waals surface area contributed by atoms with Gasteiger partial charge in [-0.2, -0.15) is 0 Å². The zero-order valence-electron chi connectivity index (χ0n) is 11.0. The first kappa shape index (κ1) is 13.7. The number of hydrogen-bond donors (Lipinski definition) is 3. The Bertz CT molecular complexity index is 652. The Balaban J connectivity index is 2.45. The molecule has 2 aromatic carbocycles. The fraction of sp³-hybridized carbons (Fsp3) is 0.133. The maximum absolute atomic E-state index is 11.2. The summed E-state index contributed by atoms with van der Waals surface area (Å²) >= 11 is 0. The van der Waals surface area contributed by atoms with E-state index in [0.717, 1.165) is 0 Å². The van der Waals surface area contributed by atoms with Crippen LogP contribution in [0.5, 0.6) is 17.2 Å². The molecule has 20 heavy (non-hydrogen) atoms. The second-order valence-corrected chi connectivity index (χ2v) is 4.27. The van der Waals surface area contributed by atoms with E-state index >= 15 is 0 Å². The monoisotopic (exact) mass is 273 g/mol. The fourth-order valence-corrected chi connectivity index (χ4v) is 1.93. The number of benzene rings is 2. The van der Waals surface area contributed by atoms with E-state index in [1.54, 1.807) is 24.3 Å². The molecule has 0 saturated heterocycles. The molecular weight excluding hydrogens is 258 g/mol. The summed E-state index contributed by atoms with van der Waals surface area (Å²) in [6.45, 7) is 1.88. The van der Waals surface area contributed by atoms with Crippen molar-refractivity contribution in [1.82, 2.24) is 0 Å². The topological polar surface area (TPSA) is 92.8 Å². The van der Waals surface area contributed by atoms with Gasteiger partial charge < -0.3 is 20.7 Å². The van der Waals surface area contributed by atoms with Crippen molar-refractivity contribution in [2.75, 3.05) is 5.73 Å². The molecule has 0 aliphatic rings. The number of aromatic carboxylic acids is 1. The summed E-state index contributed by atoms with van der Waals surface area (Å²) in [6, 6.07) is 9.29. The lowest BCUT2D eigenvalue weighted by atomic mass is 10.1. The average molecular weight is 273 g/mol. The quantitative estimate of drug-likeness (QED) is 0.744. The summed E-state index contributed by atoms with van der Waals surface area (Å²) in [4.78, 5) is 11.2. The van der Waals surface area contributed by atoms with Crippen LogP contribution in [0.4, 0.5) is 5.69 Å². The largest absolute Gasteiger partial charge is 0.508 e. The van der Waals surface area contributed by atoms with Crippen LogP contribution in [0.15, 0.2) is 36.4 Å². The number of anilines is 1. The smallest absolute Gasteiger partial charge is 0.339 e. The van der Waals surface area contributed by atoms with Crippen LogP contribution in [0.2, 0.25) is 0 Å². The highest BCUT2D eigenvalue weighted by Gasteiger charge is 2.15. The minimum absolute atomic E-state index is 0.0182. The number of phenolic OH excluding ortho intramolecular Hbond substituents is 1. The first-order valence-corrected chi connectivity index (χ1v) is 6.14. The molecule has 0 bridgehead atoms. The Kier molecular flexibility index (Phi) is 3.79. The molecule has 0 radical (unpaired) electrons. The SMILES string of the molecule is CCc1c(O)cccc1Oc1ccc(N)cc1C(=O)O. The van der Waals surface area contributed by atoms with Gasteiger partial charge >= 0.3 is 5.97 Å². The van der Waals surface area contributed by atoms with Crippen LogP contribution in [0.3, 0.4) is 0 Å². The van der Waals surface area contributed by atoms with E-state index < -0.39 is 5.97 Å². The van der Waals surface area contributed by atoms with E-state index in [9.17, 15) is 9.90 Å². The lowest BCUT2D eigenvalue weighted by molar-refractivity contribution is 0.0694. The molecule has 0 unspecified atom stereocenters. The number of nitrogen functional groups attached to an aromatic ring is 1. The number of nitrogens with two attached hydrogens (primary N) is 1. The molecule has 2 rings (SSSR count). The van der Waals surface area contributed by atoms with Gasteiger partial charge in [0.1, 0.15) is 22.8 Å². The minimum Gasteiger partial charge on any atom is -0.508 e. The van der Waals surface area contributed by atoms with Crippen LogP contribution in [0.25, 0.3) is 0 Å². The molecule has 0 aliphatic carbocycles. The number of rotatable bonds is 4. The van der Waals surface area contributed by atoms with E-state index in [4.69, 9.17) is 15.6 Å². The fourth-order valence-electron chi connectivity index (χ4n) is 1.93. The Labute approximate surface area is 116 Å². The molecular formula is C15H15NO4. The van der Waals surface area contributed by atoms with Crippen molar-refractivity contribution in [2.45, 2.75) is 13.3 Å². The van der Waals surface area contributed by atoms with E-state index in [2.05, 4.69) is 0 Å². The summed E-state index contributed by atoms with van der Waals surface area (Å²) in [5.74, 6) is -0.380. The van der Waals surface area contributed by atoms with Crippen LogP contribution in [0, 0.1) is 0 Å². The molecule has 0 atom stereocenters.